The molecule has 132 valence electrons. The highest BCUT2D eigenvalue weighted by molar-refractivity contribution is 6.63. The quantitative estimate of drug-likeness (QED) is 0.788. The lowest BCUT2D eigenvalue weighted by Crippen LogP contribution is -2.41. The molecule has 1 saturated carbocycles. The van der Waals surface area contributed by atoms with Crippen LogP contribution < -0.4 is 14.9 Å². The molecule has 1 aromatic rings. The summed E-state index contributed by atoms with van der Waals surface area (Å²) in [4.78, 5) is 0. The Morgan fingerprint density at radius 2 is 1.62 bits per heavy atom. The molecule has 0 aromatic heterocycles. The third kappa shape index (κ3) is 3.73. The molecule has 1 heterocycles. The summed E-state index contributed by atoms with van der Waals surface area (Å²) in [5, 5.41) is 0. The van der Waals surface area contributed by atoms with Gasteiger partial charge in [0.15, 0.2) is 0 Å². The zero-order chi connectivity index (χ0) is 17.8. The van der Waals surface area contributed by atoms with E-state index < -0.39 is 7.12 Å². The van der Waals surface area contributed by atoms with Crippen LogP contribution in [0.25, 0.3) is 0 Å². The molecule has 5 heteroatoms. The van der Waals surface area contributed by atoms with Crippen LogP contribution in [0.4, 0.5) is 0 Å². The largest absolute Gasteiger partial charge is 0.498 e. The van der Waals surface area contributed by atoms with Gasteiger partial charge < -0.3 is 18.8 Å². The second-order valence-electron chi connectivity index (χ2n) is 8.82. The Bertz CT molecular complexity index is 598. The molecular weight excluding hydrogens is 303 g/mol. The van der Waals surface area contributed by atoms with Crippen molar-refractivity contribution in [3.05, 3.63) is 18.2 Å². The zero-order valence-electron chi connectivity index (χ0n) is 15.9. The second kappa shape index (κ2) is 5.67. The first-order chi connectivity index (χ1) is 11.0. The molecule has 0 atom stereocenters. The maximum absolute atomic E-state index is 6.22. The van der Waals surface area contributed by atoms with Gasteiger partial charge in [-0.1, -0.05) is 0 Å². The molecule has 24 heavy (non-hydrogen) atoms. The van der Waals surface area contributed by atoms with E-state index in [1.165, 1.54) is 0 Å². The average Bonchev–Trinajstić information content (AvgIpc) is 3.17. The van der Waals surface area contributed by atoms with Gasteiger partial charge in [0.05, 0.1) is 17.3 Å². The highest BCUT2D eigenvalue weighted by Crippen LogP contribution is 2.38. The van der Waals surface area contributed by atoms with Gasteiger partial charge in [0.25, 0.3) is 0 Å². The van der Waals surface area contributed by atoms with Gasteiger partial charge in [-0.3, -0.25) is 0 Å². The fourth-order valence-corrected chi connectivity index (χ4v) is 2.57. The third-order valence-electron chi connectivity index (χ3n) is 4.73. The molecule has 4 nitrogen and oxygen atoms in total. The first-order valence-electron chi connectivity index (χ1n) is 8.82. The van der Waals surface area contributed by atoms with Gasteiger partial charge in [0.1, 0.15) is 17.1 Å². The number of benzene rings is 1. The van der Waals surface area contributed by atoms with Crippen molar-refractivity contribution in [2.75, 3.05) is 0 Å². The van der Waals surface area contributed by atoms with Gasteiger partial charge >= 0.3 is 7.12 Å². The molecule has 1 saturated heterocycles. The lowest BCUT2D eigenvalue weighted by atomic mass is 9.78. The van der Waals surface area contributed by atoms with Crippen LogP contribution in [-0.2, 0) is 9.31 Å². The molecule has 1 aromatic carbocycles. The van der Waals surface area contributed by atoms with E-state index in [-0.39, 0.29) is 16.8 Å². The summed E-state index contributed by atoms with van der Waals surface area (Å²) in [6.07, 6.45) is 2.55. The minimum absolute atomic E-state index is 0.258. The molecule has 0 bridgehead atoms. The van der Waals surface area contributed by atoms with E-state index in [1.54, 1.807) is 0 Å². The van der Waals surface area contributed by atoms with Gasteiger partial charge in [-0.2, -0.15) is 0 Å². The van der Waals surface area contributed by atoms with Crippen molar-refractivity contribution in [3.8, 4) is 11.5 Å². The lowest BCUT2D eigenvalue weighted by Gasteiger charge is -2.32. The Kier molecular flexibility index (Phi) is 4.16. The minimum Gasteiger partial charge on any atom is -0.491 e. The van der Waals surface area contributed by atoms with Crippen molar-refractivity contribution < 1.29 is 18.8 Å². The highest BCUT2D eigenvalue weighted by Gasteiger charge is 2.52. The SMILES string of the molecule is CC(C)(C)Oc1ccc(OC2CC2)c(B2OC(C)(C)C(C)(C)O2)c1. The van der Waals surface area contributed by atoms with Gasteiger partial charge in [-0.25, -0.2) is 0 Å². The Morgan fingerprint density at radius 1 is 1.04 bits per heavy atom. The maximum Gasteiger partial charge on any atom is 0.498 e. The smallest absolute Gasteiger partial charge is 0.491 e. The summed E-state index contributed by atoms with van der Waals surface area (Å²) in [5.41, 5.74) is -0.112. The molecule has 0 amide bonds. The number of hydrogen-bond donors (Lipinski definition) is 0. The molecule has 2 aliphatic rings. The van der Waals surface area contributed by atoms with Crippen molar-refractivity contribution >= 4 is 12.6 Å². The van der Waals surface area contributed by atoms with E-state index in [0.717, 1.165) is 29.8 Å². The Balaban J connectivity index is 1.92. The molecule has 1 aliphatic carbocycles. The van der Waals surface area contributed by atoms with E-state index in [0.29, 0.717) is 6.10 Å². The molecule has 0 radical (unpaired) electrons. The minimum atomic E-state index is -0.452. The van der Waals surface area contributed by atoms with Crippen LogP contribution in [-0.4, -0.2) is 30.0 Å². The summed E-state index contributed by atoms with van der Waals surface area (Å²) in [6, 6.07) is 5.92. The van der Waals surface area contributed by atoms with E-state index in [2.05, 4.69) is 27.7 Å². The van der Waals surface area contributed by atoms with Crippen LogP contribution in [0.15, 0.2) is 18.2 Å². The van der Waals surface area contributed by atoms with Crippen molar-refractivity contribution in [1.29, 1.82) is 0 Å². The van der Waals surface area contributed by atoms with Crippen LogP contribution in [0, 0.1) is 0 Å². The molecular formula is C19H29BO4. The topological polar surface area (TPSA) is 36.9 Å². The van der Waals surface area contributed by atoms with Crippen LogP contribution in [0.1, 0.15) is 61.3 Å². The van der Waals surface area contributed by atoms with Gasteiger partial charge in [0.2, 0.25) is 0 Å². The Morgan fingerprint density at radius 3 is 2.12 bits per heavy atom. The summed E-state index contributed by atoms with van der Waals surface area (Å²) in [6.45, 7) is 14.4. The van der Waals surface area contributed by atoms with Crippen LogP contribution in [0.3, 0.4) is 0 Å². The molecule has 0 N–H and O–H groups in total. The molecule has 3 rings (SSSR count). The Hall–Kier alpha value is -1.20. The third-order valence-corrected chi connectivity index (χ3v) is 4.73. The molecule has 0 unspecified atom stereocenters. The summed E-state index contributed by atoms with van der Waals surface area (Å²) < 4.78 is 24.5. The number of ether oxygens (including phenoxy) is 2. The predicted octanol–water partition coefficient (Wildman–Crippen LogP) is 3.70. The van der Waals surface area contributed by atoms with E-state index in [1.807, 2.05) is 39.0 Å². The van der Waals surface area contributed by atoms with Gasteiger partial charge in [0, 0.05) is 5.46 Å². The van der Waals surface area contributed by atoms with Crippen molar-refractivity contribution in [2.45, 2.75) is 84.2 Å². The predicted molar refractivity (Wildman–Crippen MR) is 96.2 cm³/mol. The number of rotatable bonds is 4. The van der Waals surface area contributed by atoms with Crippen molar-refractivity contribution in [2.24, 2.45) is 0 Å². The average molecular weight is 332 g/mol. The van der Waals surface area contributed by atoms with Crippen LogP contribution in [0.5, 0.6) is 11.5 Å². The summed E-state index contributed by atoms with van der Waals surface area (Å²) in [5.74, 6) is 1.63. The van der Waals surface area contributed by atoms with Crippen LogP contribution in [0.2, 0.25) is 0 Å². The second-order valence-corrected chi connectivity index (χ2v) is 8.82. The van der Waals surface area contributed by atoms with E-state index >= 15 is 0 Å². The van der Waals surface area contributed by atoms with Gasteiger partial charge in [-0.15, -0.1) is 0 Å². The fourth-order valence-electron chi connectivity index (χ4n) is 2.57. The summed E-state index contributed by atoms with van der Waals surface area (Å²) >= 11 is 0. The molecule has 0 spiro atoms. The first-order valence-corrected chi connectivity index (χ1v) is 8.82. The molecule has 2 fully saturated rings. The van der Waals surface area contributed by atoms with Crippen molar-refractivity contribution in [3.63, 3.8) is 0 Å². The van der Waals surface area contributed by atoms with Gasteiger partial charge in [-0.05, 0) is 79.5 Å². The lowest BCUT2D eigenvalue weighted by molar-refractivity contribution is 0.00578. The normalized spacial score (nSPS) is 22.5. The van der Waals surface area contributed by atoms with E-state index in [9.17, 15) is 0 Å². The van der Waals surface area contributed by atoms with Crippen LogP contribution >= 0.6 is 0 Å². The fraction of sp³-hybridized carbons (Fsp3) is 0.684. The number of hydrogen-bond acceptors (Lipinski definition) is 4. The highest BCUT2D eigenvalue weighted by atomic mass is 16.7. The zero-order valence-corrected chi connectivity index (χ0v) is 15.9. The molecule has 1 aliphatic heterocycles. The van der Waals surface area contributed by atoms with Crippen molar-refractivity contribution in [1.82, 2.24) is 0 Å². The summed E-state index contributed by atoms with van der Waals surface area (Å²) in [7, 11) is -0.452. The maximum atomic E-state index is 6.22. The first kappa shape index (κ1) is 17.6. The van der Waals surface area contributed by atoms with E-state index in [4.69, 9.17) is 18.8 Å². The monoisotopic (exact) mass is 332 g/mol. The standard InChI is InChI=1S/C19H29BO4/c1-17(2,3)22-14-10-11-16(21-13-8-9-13)15(12-14)20-23-18(4,5)19(6,7)24-20/h10-13H,8-9H2,1-7H3. The Labute approximate surface area is 146 Å².